The summed E-state index contributed by atoms with van der Waals surface area (Å²) in [7, 11) is -3.53. The van der Waals surface area contributed by atoms with Crippen molar-refractivity contribution >= 4 is 10.0 Å². The van der Waals surface area contributed by atoms with E-state index >= 15 is 0 Å². The summed E-state index contributed by atoms with van der Waals surface area (Å²) in [6.07, 6.45) is 2.36. The van der Waals surface area contributed by atoms with Gasteiger partial charge >= 0.3 is 0 Å². The molecule has 0 atom stereocenters. The van der Waals surface area contributed by atoms with Gasteiger partial charge in [-0.25, -0.2) is 13.1 Å². The molecular formula is C15H21N3O2S. The molecule has 5 nitrogen and oxygen atoms in total. The lowest BCUT2D eigenvalue weighted by molar-refractivity contribution is 0.195. The summed E-state index contributed by atoms with van der Waals surface area (Å²) in [5, 5.41) is 8.82. The first-order chi connectivity index (χ1) is 10.0. The van der Waals surface area contributed by atoms with Crippen LogP contribution < -0.4 is 4.72 Å². The smallest absolute Gasteiger partial charge is 0.240 e. The molecule has 0 bridgehead atoms. The largest absolute Gasteiger partial charge is 0.302 e. The van der Waals surface area contributed by atoms with Crippen molar-refractivity contribution in [2.24, 2.45) is 5.92 Å². The fraction of sp³-hybridized carbons (Fsp3) is 0.533. The summed E-state index contributed by atoms with van der Waals surface area (Å²) >= 11 is 0. The lowest BCUT2D eigenvalue weighted by Gasteiger charge is -2.30. The number of hydrogen-bond acceptors (Lipinski definition) is 4. The third-order valence-corrected chi connectivity index (χ3v) is 5.33. The molecule has 1 heterocycles. The Morgan fingerprint density at radius 2 is 2.10 bits per heavy atom. The van der Waals surface area contributed by atoms with Crippen LogP contribution in [0.15, 0.2) is 29.2 Å². The van der Waals surface area contributed by atoms with E-state index in [1.807, 2.05) is 6.07 Å². The number of nitriles is 1. The van der Waals surface area contributed by atoms with Crippen LogP contribution in [-0.4, -0.2) is 39.5 Å². The van der Waals surface area contributed by atoms with Crippen LogP contribution in [-0.2, 0) is 10.0 Å². The normalized spacial score (nSPS) is 17.5. The van der Waals surface area contributed by atoms with Gasteiger partial charge in [0.25, 0.3) is 0 Å². The Balaban J connectivity index is 1.88. The van der Waals surface area contributed by atoms with Gasteiger partial charge in [-0.05, 0) is 50.0 Å². The van der Waals surface area contributed by atoms with E-state index in [0.29, 0.717) is 12.1 Å². The van der Waals surface area contributed by atoms with Gasteiger partial charge in [-0.1, -0.05) is 13.0 Å². The summed E-state index contributed by atoms with van der Waals surface area (Å²) in [5.41, 5.74) is 0.350. The first kappa shape index (κ1) is 16.0. The Bertz CT molecular complexity index is 614. The minimum Gasteiger partial charge on any atom is -0.302 e. The molecule has 0 spiro atoms. The van der Waals surface area contributed by atoms with Crippen molar-refractivity contribution in [3.8, 4) is 6.07 Å². The minimum atomic E-state index is -3.53. The number of nitrogens with zero attached hydrogens (tertiary/aromatic N) is 2. The molecule has 21 heavy (non-hydrogen) atoms. The van der Waals surface area contributed by atoms with Gasteiger partial charge in [0.1, 0.15) is 0 Å². The van der Waals surface area contributed by atoms with E-state index in [0.717, 1.165) is 25.6 Å². The van der Waals surface area contributed by atoms with Crippen molar-refractivity contribution in [2.45, 2.75) is 24.7 Å². The van der Waals surface area contributed by atoms with Crippen LogP contribution in [0.4, 0.5) is 0 Å². The third-order valence-electron chi connectivity index (χ3n) is 3.87. The van der Waals surface area contributed by atoms with Crippen molar-refractivity contribution in [2.75, 3.05) is 26.2 Å². The number of sulfonamides is 1. The fourth-order valence-electron chi connectivity index (χ4n) is 2.44. The molecular weight excluding hydrogens is 286 g/mol. The van der Waals surface area contributed by atoms with Crippen molar-refractivity contribution in [3.63, 3.8) is 0 Å². The molecule has 1 fully saturated rings. The van der Waals surface area contributed by atoms with E-state index in [1.54, 1.807) is 12.1 Å². The lowest BCUT2D eigenvalue weighted by Crippen LogP contribution is -2.39. The van der Waals surface area contributed by atoms with Crippen molar-refractivity contribution in [3.05, 3.63) is 29.8 Å². The van der Waals surface area contributed by atoms with Crippen LogP contribution in [0.1, 0.15) is 25.3 Å². The van der Waals surface area contributed by atoms with Gasteiger partial charge in [0.05, 0.1) is 16.5 Å². The van der Waals surface area contributed by atoms with Crippen molar-refractivity contribution < 1.29 is 8.42 Å². The summed E-state index contributed by atoms with van der Waals surface area (Å²) < 4.78 is 26.9. The van der Waals surface area contributed by atoms with E-state index in [4.69, 9.17) is 5.26 Å². The van der Waals surface area contributed by atoms with Crippen LogP contribution >= 0.6 is 0 Å². The summed E-state index contributed by atoms with van der Waals surface area (Å²) in [4.78, 5) is 2.43. The first-order valence-corrected chi connectivity index (χ1v) is 8.72. The zero-order valence-corrected chi connectivity index (χ0v) is 13.1. The Labute approximate surface area is 126 Å². The number of hydrogen-bond donors (Lipinski definition) is 1. The van der Waals surface area contributed by atoms with Gasteiger partial charge in [-0.3, -0.25) is 0 Å². The van der Waals surface area contributed by atoms with Gasteiger partial charge in [-0.15, -0.1) is 0 Å². The molecule has 0 amide bonds. The minimum absolute atomic E-state index is 0.147. The van der Waals surface area contributed by atoms with Gasteiger partial charge < -0.3 is 4.90 Å². The Morgan fingerprint density at radius 3 is 2.76 bits per heavy atom. The molecule has 1 saturated heterocycles. The second kappa shape index (κ2) is 7.03. The molecule has 0 aliphatic carbocycles. The summed E-state index contributed by atoms with van der Waals surface area (Å²) in [5.74, 6) is 0.770. The maximum Gasteiger partial charge on any atom is 0.240 e. The van der Waals surface area contributed by atoms with E-state index in [-0.39, 0.29) is 4.90 Å². The molecule has 2 rings (SSSR count). The van der Waals surface area contributed by atoms with Crippen LogP contribution in [0.5, 0.6) is 0 Å². The SMILES string of the molecule is CC1CCN(CCNS(=O)(=O)c2cccc(C#N)c2)CC1. The van der Waals surface area contributed by atoms with Crippen LogP contribution in [0.25, 0.3) is 0 Å². The highest BCUT2D eigenvalue weighted by Crippen LogP contribution is 2.15. The molecule has 1 aromatic carbocycles. The topological polar surface area (TPSA) is 73.2 Å². The van der Waals surface area contributed by atoms with Crippen molar-refractivity contribution in [1.29, 1.82) is 5.26 Å². The van der Waals surface area contributed by atoms with E-state index in [2.05, 4.69) is 16.5 Å². The first-order valence-electron chi connectivity index (χ1n) is 7.23. The molecule has 1 aliphatic heterocycles. The van der Waals surface area contributed by atoms with Crippen molar-refractivity contribution in [1.82, 2.24) is 9.62 Å². The molecule has 6 heteroatoms. The molecule has 114 valence electrons. The molecule has 1 aliphatic rings. The predicted molar refractivity (Wildman–Crippen MR) is 81.2 cm³/mol. The number of benzene rings is 1. The Kier molecular flexibility index (Phi) is 5.34. The summed E-state index contributed by atoms with van der Waals surface area (Å²) in [6, 6.07) is 8.02. The second-order valence-corrected chi connectivity index (χ2v) is 7.33. The van der Waals surface area contributed by atoms with E-state index < -0.39 is 10.0 Å². The highest BCUT2D eigenvalue weighted by Gasteiger charge is 2.17. The van der Waals surface area contributed by atoms with E-state index in [9.17, 15) is 8.42 Å². The van der Waals surface area contributed by atoms with Gasteiger partial charge in [0.2, 0.25) is 10.0 Å². The summed E-state index contributed by atoms with van der Waals surface area (Å²) in [6.45, 7) is 5.44. The maximum absolute atomic E-state index is 12.2. The predicted octanol–water partition coefficient (Wildman–Crippen LogP) is 1.57. The average Bonchev–Trinajstić information content (AvgIpc) is 2.49. The zero-order valence-electron chi connectivity index (χ0n) is 12.2. The zero-order chi connectivity index (χ0) is 15.3. The van der Waals surface area contributed by atoms with Crippen LogP contribution in [0.3, 0.4) is 0 Å². The number of nitrogens with one attached hydrogen (secondary N) is 1. The molecule has 1 N–H and O–H groups in total. The van der Waals surface area contributed by atoms with E-state index in [1.165, 1.54) is 25.0 Å². The van der Waals surface area contributed by atoms with Gasteiger partial charge in [-0.2, -0.15) is 5.26 Å². The number of rotatable bonds is 5. The quantitative estimate of drug-likeness (QED) is 0.896. The van der Waals surface area contributed by atoms with Crippen LogP contribution in [0, 0.1) is 17.2 Å². The average molecular weight is 307 g/mol. The van der Waals surface area contributed by atoms with Gasteiger partial charge in [0, 0.05) is 13.1 Å². The molecule has 1 aromatic rings. The number of piperidine rings is 1. The third kappa shape index (κ3) is 4.53. The highest BCUT2D eigenvalue weighted by atomic mass is 32.2. The fourth-order valence-corrected chi connectivity index (χ4v) is 3.51. The number of likely N-dealkylation sites (tertiary alicyclic amines) is 1. The van der Waals surface area contributed by atoms with Gasteiger partial charge in [0.15, 0.2) is 0 Å². The molecule has 0 aromatic heterocycles. The van der Waals surface area contributed by atoms with Crippen LogP contribution in [0.2, 0.25) is 0 Å². The molecule has 0 unspecified atom stereocenters. The standard InChI is InChI=1S/C15H21N3O2S/c1-13-5-8-18(9-6-13)10-7-17-21(19,20)15-4-2-3-14(11-15)12-16/h2-4,11,13,17H,5-10H2,1H3. The lowest BCUT2D eigenvalue weighted by atomic mass is 9.99. The molecule has 0 saturated carbocycles. The molecule has 0 radical (unpaired) electrons. The Morgan fingerprint density at radius 1 is 1.38 bits per heavy atom. The monoisotopic (exact) mass is 307 g/mol. The Hall–Kier alpha value is -1.42. The highest BCUT2D eigenvalue weighted by molar-refractivity contribution is 7.89. The maximum atomic E-state index is 12.2. The second-order valence-electron chi connectivity index (χ2n) is 5.56.